The highest BCUT2D eigenvalue weighted by Crippen LogP contribution is 1.82. The highest BCUT2D eigenvalue weighted by Gasteiger charge is 1.98. The van der Waals surface area contributed by atoms with Crippen molar-refractivity contribution in [2.45, 2.75) is 6.42 Å². The summed E-state index contributed by atoms with van der Waals surface area (Å²) in [6.45, 7) is 5.31. The zero-order valence-corrected chi connectivity index (χ0v) is 8.38. The van der Waals surface area contributed by atoms with Crippen molar-refractivity contribution < 1.29 is 9.53 Å². The second kappa shape index (κ2) is 7.61. The van der Waals surface area contributed by atoms with Crippen molar-refractivity contribution in [3.05, 3.63) is 12.7 Å². The van der Waals surface area contributed by atoms with Gasteiger partial charge in [-0.1, -0.05) is 12.7 Å². The third-order valence-corrected chi connectivity index (χ3v) is 1.38. The minimum atomic E-state index is -0.376. The smallest absolute Gasteiger partial charge is 0.407 e. The lowest BCUT2D eigenvalue weighted by atomic mass is 10.4. The molecule has 13 heavy (non-hydrogen) atoms. The molecular weight excluding hydrogens is 168 g/mol. The van der Waals surface area contributed by atoms with Crippen LogP contribution < -0.4 is 5.32 Å². The maximum atomic E-state index is 10.9. The zero-order chi connectivity index (χ0) is 10.1. The highest BCUT2D eigenvalue weighted by atomic mass is 16.5. The third kappa shape index (κ3) is 8.88. The normalized spacial score (nSPS) is 9.77. The molecule has 4 heteroatoms. The van der Waals surface area contributed by atoms with Crippen LogP contribution in [0.15, 0.2) is 12.7 Å². The second-order valence-corrected chi connectivity index (χ2v) is 2.97. The summed E-state index contributed by atoms with van der Waals surface area (Å²) in [6, 6.07) is 0. The van der Waals surface area contributed by atoms with Crippen molar-refractivity contribution >= 4 is 6.09 Å². The monoisotopic (exact) mass is 186 g/mol. The predicted molar refractivity (Wildman–Crippen MR) is 52.7 cm³/mol. The Kier molecular flexibility index (Phi) is 7.01. The molecule has 0 aliphatic rings. The number of ether oxygens (including phenoxy) is 1. The second-order valence-electron chi connectivity index (χ2n) is 2.97. The highest BCUT2D eigenvalue weighted by molar-refractivity contribution is 5.67. The van der Waals surface area contributed by atoms with E-state index in [9.17, 15) is 4.79 Å². The van der Waals surface area contributed by atoms with Crippen LogP contribution in [0, 0.1) is 0 Å². The molecule has 4 nitrogen and oxygen atoms in total. The van der Waals surface area contributed by atoms with Crippen molar-refractivity contribution in [2.24, 2.45) is 0 Å². The predicted octanol–water partition coefficient (Wildman–Crippen LogP) is 0.850. The SMILES string of the molecule is C=CCOC(=O)NCCCN(C)C. The fourth-order valence-electron chi connectivity index (χ4n) is 0.771. The van der Waals surface area contributed by atoms with Crippen molar-refractivity contribution in [1.82, 2.24) is 10.2 Å². The van der Waals surface area contributed by atoms with Gasteiger partial charge >= 0.3 is 6.09 Å². The van der Waals surface area contributed by atoms with Crippen LogP contribution in [0.2, 0.25) is 0 Å². The number of nitrogens with zero attached hydrogens (tertiary/aromatic N) is 1. The molecule has 0 rings (SSSR count). The van der Waals surface area contributed by atoms with E-state index in [1.165, 1.54) is 0 Å². The van der Waals surface area contributed by atoms with Gasteiger partial charge in [-0.3, -0.25) is 0 Å². The molecule has 1 N–H and O–H groups in total. The van der Waals surface area contributed by atoms with E-state index in [4.69, 9.17) is 4.74 Å². The van der Waals surface area contributed by atoms with Crippen molar-refractivity contribution in [3.8, 4) is 0 Å². The Morgan fingerprint density at radius 3 is 2.85 bits per heavy atom. The first-order valence-electron chi connectivity index (χ1n) is 4.33. The first-order valence-corrected chi connectivity index (χ1v) is 4.33. The average Bonchev–Trinajstić information content (AvgIpc) is 2.08. The summed E-state index contributed by atoms with van der Waals surface area (Å²) >= 11 is 0. The molecule has 0 heterocycles. The minimum Gasteiger partial charge on any atom is -0.445 e. The van der Waals surface area contributed by atoms with Crippen LogP contribution in [0.4, 0.5) is 4.79 Å². The molecule has 0 aromatic carbocycles. The summed E-state index contributed by atoms with van der Waals surface area (Å²) < 4.78 is 4.72. The fraction of sp³-hybridized carbons (Fsp3) is 0.667. The molecule has 0 aliphatic carbocycles. The van der Waals surface area contributed by atoms with Gasteiger partial charge in [0.15, 0.2) is 0 Å². The van der Waals surface area contributed by atoms with Gasteiger partial charge in [0.2, 0.25) is 0 Å². The molecule has 0 saturated heterocycles. The van der Waals surface area contributed by atoms with Crippen LogP contribution in [0.1, 0.15) is 6.42 Å². The molecule has 0 fully saturated rings. The lowest BCUT2D eigenvalue weighted by molar-refractivity contribution is 0.158. The molecule has 1 amide bonds. The van der Waals surface area contributed by atoms with Crippen molar-refractivity contribution in [2.75, 3.05) is 33.8 Å². The Morgan fingerprint density at radius 2 is 2.31 bits per heavy atom. The molecule has 0 spiro atoms. The molecule has 0 unspecified atom stereocenters. The van der Waals surface area contributed by atoms with Crippen molar-refractivity contribution in [1.29, 1.82) is 0 Å². The van der Waals surface area contributed by atoms with Gasteiger partial charge in [-0.05, 0) is 27.1 Å². The van der Waals surface area contributed by atoms with E-state index < -0.39 is 0 Å². The van der Waals surface area contributed by atoms with E-state index in [-0.39, 0.29) is 12.7 Å². The Labute approximate surface area is 79.6 Å². The number of hydrogen-bond donors (Lipinski definition) is 1. The summed E-state index contributed by atoms with van der Waals surface area (Å²) in [5.41, 5.74) is 0. The molecule has 0 aromatic heterocycles. The molecule has 0 radical (unpaired) electrons. The van der Waals surface area contributed by atoms with E-state index >= 15 is 0 Å². The third-order valence-electron chi connectivity index (χ3n) is 1.38. The Balaban J connectivity index is 3.21. The standard InChI is InChI=1S/C9H18N2O2/c1-4-8-13-9(12)10-6-5-7-11(2)3/h4H,1,5-8H2,2-3H3,(H,10,12). The molecule has 0 bridgehead atoms. The van der Waals surface area contributed by atoms with E-state index in [1.807, 2.05) is 14.1 Å². The van der Waals surface area contributed by atoms with Gasteiger partial charge in [0.1, 0.15) is 6.61 Å². The van der Waals surface area contributed by atoms with Gasteiger partial charge in [0.05, 0.1) is 0 Å². The maximum absolute atomic E-state index is 10.9. The van der Waals surface area contributed by atoms with Gasteiger partial charge in [0.25, 0.3) is 0 Å². The Bertz CT molecular complexity index is 158. The largest absolute Gasteiger partial charge is 0.445 e. The molecular formula is C9H18N2O2. The van der Waals surface area contributed by atoms with Crippen LogP contribution in [-0.2, 0) is 4.74 Å². The molecule has 0 aliphatic heterocycles. The van der Waals surface area contributed by atoms with Crippen LogP contribution in [0.25, 0.3) is 0 Å². The topological polar surface area (TPSA) is 41.6 Å². The lowest BCUT2D eigenvalue weighted by Crippen LogP contribution is -2.27. The zero-order valence-electron chi connectivity index (χ0n) is 8.38. The number of carbonyl (C=O) groups excluding carboxylic acids is 1. The first-order chi connectivity index (χ1) is 6.16. The first kappa shape index (κ1) is 12.0. The number of hydrogen-bond acceptors (Lipinski definition) is 3. The van der Waals surface area contributed by atoms with Gasteiger partial charge < -0.3 is 15.0 Å². The number of nitrogens with one attached hydrogen (secondary N) is 1. The number of carbonyl (C=O) groups is 1. The number of rotatable bonds is 6. The Morgan fingerprint density at radius 1 is 1.62 bits per heavy atom. The molecule has 76 valence electrons. The Hall–Kier alpha value is -1.03. The molecule has 0 atom stereocenters. The summed E-state index contributed by atoms with van der Waals surface area (Å²) in [7, 11) is 3.99. The van der Waals surface area contributed by atoms with E-state index in [2.05, 4.69) is 16.8 Å². The van der Waals surface area contributed by atoms with Gasteiger partial charge in [0, 0.05) is 6.54 Å². The van der Waals surface area contributed by atoms with Crippen LogP contribution >= 0.6 is 0 Å². The van der Waals surface area contributed by atoms with Gasteiger partial charge in [-0.15, -0.1) is 0 Å². The van der Waals surface area contributed by atoms with Gasteiger partial charge in [-0.25, -0.2) is 4.79 Å². The maximum Gasteiger partial charge on any atom is 0.407 e. The van der Waals surface area contributed by atoms with Crippen LogP contribution in [-0.4, -0.2) is 44.8 Å². The molecule has 0 aromatic rings. The van der Waals surface area contributed by atoms with Crippen molar-refractivity contribution in [3.63, 3.8) is 0 Å². The van der Waals surface area contributed by atoms with E-state index in [0.717, 1.165) is 13.0 Å². The molecule has 0 saturated carbocycles. The van der Waals surface area contributed by atoms with Crippen LogP contribution in [0.5, 0.6) is 0 Å². The number of alkyl carbamates (subject to hydrolysis) is 1. The van der Waals surface area contributed by atoms with Gasteiger partial charge in [-0.2, -0.15) is 0 Å². The van der Waals surface area contributed by atoms with E-state index in [0.29, 0.717) is 6.54 Å². The van der Waals surface area contributed by atoms with Crippen LogP contribution in [0.3, 0.4) is 0 Å². The fourth-order valence-corrected chi connectivity index (χ4v) is 0.771. The van der Waals surface area contributed by atoms with E-state index in [1.54, 1.807) is 6.08 Å². The average molecular weight is 186 g/mol. The summed E-state index contributed by atoms with van der Waals surface area (Å²) in [6.07, 6.45) is 2.09. The minimum absolute atomic E-state index is 0.263. The summed E-state index contributed by atoms with van der Waals surface area (Å²) in [4.78, 5) is 12.9. The number of amides is 1. The quantitative estimate of drug-likeness (QED) is 0.494. The lowest BCUT2D eigenvalue weighted by Gasteiger charge is -2.09. The summed E-state index contributed by atoms with van der Waals surface area (Å²) in [5, 5.41) is 2.64. The summed E-state index contributed by atoms with van der Waals surface area (Å²) in [5.74, 6) is 0.